The molecule has 0 saturated carbocycles. The van der Waals surface area contributed by atoms with E-state index in [-0.39, 0.29) is 0 Å². The minimum Gasteiger partial charge on any atom is -0.424 e. The smallest absolute Gasteiger partial charge is 0.226 e. The van der Waals surface area contributed by atoms with Gasteiger partial charge in [-0.2, -0.15) is 0 Å². The number of fused-ring (bicyclic) bond motifs is 3. The maximum atomic E-state index is 5.53. The molecule has 0 atom stereocenters. The summed E-state index contributed by atoms with van der Waals surface area (Å²) in [5.74, 6) is 1.77. The summed E-state index contributed by atoms with van der Waals surface area (Å²) < 4.78 is 7.74. The molecule has 0 amide bonds. The molecule has 3 aromatic heterocycles. The molecule has 7 nitrogen and oxygen atoms in total. The standard InChI is InChI=1S/C17H18N6OS/c1-3-9-23-12-8-6-5-7-11(12)15-16(23)18-17(22-21-15)25-10-14-20-19-13(4-2)24-14/h5-8H,3-4,9-10H2,1-2H3. The summed E-state index contributed by atoms with van der Waals surface area (Å²) in [6.07, 6.45) is 1.76. The van der Waals surface area contributed by atoms with Crippen LogP contribution >= 0.6 is 11.8 Å². The van der Waals surface area contributed by atoms with Crippen molar-refractivity contribution in [3.8, 4) is 0 Å². The number of hydrogen-bond acceptors (Lipinski definition) is 7. The molecule has 25 heavy (non-hydrogen) atoms. The van der Waals surface area contributed by atoms with Gasteiger partial charge < -0.3 is 8.98 Å². The number of rotatable bonds is 6. The van der Waals surface area contributed by atoms with E-state index in [4.69, 9.17) is 9.40 Å². The van der Waals surface area contributed by atoms with Crippen LogP contribution < -0.4 is 0 Å². The number of thioether (sulfide) groups is 1. The normalized spacial score (nSPS) is 11.6. The van der Waals surface area contributed by atoms with Crippen molar-refractivity contribution in [2.75, 3.05) is 0 Å². The molecule has 0 aliphatic rings. The molecule has 0 saturated heterocycles. The summed E-state index contributed by atoms with van der Waals surface area (Å²) in [5, 5.41) is 18.4. The Balaban J connectivity index is 1.69. The van der Waals surface area contributed by atoms with Crippen LogP contribution in [0.2, 0.25) is 0 Å². The second-order valence-corrected chi connectivity index (χ2v) is 6.61. The predicted molar refractivity (Wildman–Crippen MR) is 96.4 cm³/mol. The van der Waals surface area contributed by atoms with Crippen LogP contribution in [0.3, 0.4) is 0 Å². The lowest BCUT2D eigenvalue weighted by molar-refractivity contribution is 0.470. The molecular formula is C17H18N6OS. The van der Waals surface area contributed by atoms with Crippen LogP contribution in [0.1, 0.15) is 32.0 Å². The SMILES string of the molecule is CCCn1c2ccccc2c2nnc(SCc3nnc(CC)o3)nc21. The van der Waals surface area contributed by atoms with Gasteiger partial charge in [0.25, 0.3) is 0 Å². The van der Waals surface area contributed by atoms with E-state index in [2.05, 4.69) is 44.0 Å². The van der Waals surface area contributed by atoms with Crippen LogP contribution in [0.15, 0.2) is 33.8 Å². The molecule has 0 aliphatic heterocycles. The third-order valence-corrected chi connectivity index (χ3v) is 4.76. The largest absolute Gasteiger partial charge is 0.424 e. The van der Waals surface area contributed by atoms with Crippen LogP contribution in [0.5, 0.6) is 0 Å². The number of nitrogens with zero attached hydrogens (tertiary/aromatic N) is 6. The van der Waals surface area contributed by atoms with Crippen LogP contribution in [-0.2, 0) is 18.7 Å². The first-order valence-electron chi connectivity index (χ1n) is 8.35. The monoisotopic (exact) mass is 354 g/mol. The van der Waals surface area contributed by atoms with Crippen molar-refractivity contribution in [1.29, 1.82) is 0 Å². The third kappa shape index (κ3) is 2.97. The molecule has 0 radical (unpaired) electrons. The van der Waals surface area contributed by atoms with E-state index in [9.17, 15) is 0 Å². The van der Waals surface area contributed by atoms with Gasteiger partial charge in [-0.25, -0.2) is 4.98 Å². The Kier molecular flexibility index (Phi) is 4.35. The van der Waals surface area contributed by atoms with Crippen molar-refractivity contribution in [2.24, 2.45) is 0 Å². The van der Waals surface area contributed by atoms with E-state index in [1.54, 1.807) is 0 Å². The lowest BCUT2D eigenvalue weighted by atomic mass is 10.2. The van der Waals surface area contributed by atoms with E-state index in [1.807, 2.05) is 19.1 Å². The Labute approximate surface area is 148 Å². The van der Waals surface area contributed by atoms with E-state index in [0.29, 0.717) is 22.7 Å². The predicted octanol–water partition coefficient (Wildman–Crippen LogP) is 3.63. The zero-order valence-corrected chi connectivity index (χ0v) is 15.0. The summed E-state index contributed by atoms with van der Waals surface area (Å²) in [7, 11) is 0. The van der Waals surface area contributed by atoms with Gasteiger partial charge in [-0.05, 0) is 12.5 Å². The fourth-order valence-electron chi connectivity index (χ4n) is 2.82. The van der Waals surface area contributed by atoms with Crippen LogP contribution in [0, 0.1) is 0 Å². The van der Waals surface area contributed by atoms with E-state index in [1.165, 1.54) is 11.8 Å². The molecular weight excluding hydrogens is 336 g/mol. The van der Waals surface area contributed by atoms with Crippen molar-refractivity contribution in [1.82, 2.24) is 29.9 Å². The molecule has 0 spiro atoms. The maximum Gasteiger partial charge on any atom is 0.226 e. The Morgan fingerprint density at radius 3 is 2.68 bits per heavy atom. The average molecular weight is 354 g/mol. The van der Waals surface area contributed by atoms with E-state index < -0.39 is 0 Å². The van der Waals surface area contributed by atoms with Gasteiger partial charge in [0.1, 0.15) is 5.52 Å². The molecule has 0 unspecified atom stereocenters. The van der Waals surface area contributed by atoms with Crippen molar-refractivity contribution in [3.05, 3.63) is 36.0 Å². The Morgan fingerprint density at radius 2 is 1.88 bits per heavy atom. The number of hydrogen-bond donors (Lipinski definition) is 0. The highest BCUT2D eigenvalue weighted by atomic mass is 32.2. The maximum absolute atomic E-state index is 5.53. The van der Waals surface area contributed by atoms with Crippen molar-refractivity contribution >= 4 is 33.8 Å². The summed E-state index contributed by atoms with van der Waals surface area (Å²) in [4.78, 5) is 4.74. The van der Waals surface area contributed by atoms with Crippen molar-refractivity contribution in [3.63, 3.8) is 0 Å². The van der Waals surface area contributed by atoms with Gasteiger partial charge in [0.2, 0.25) is 16.9 Å². The molecule has 0 bridgehead atoms. The molecule has 1 aromatic carbocycles. The molecule has 8 heteroatoms. The zero-order chi connectivity index (χ0) is 17.2. The molecule has 3 heterocycles. The molecule has 4 aromatic rings. The van der Waals surface area contributed by atoms with Gasteiger partial charge in [0.05, 0.1) is 11.3 Å². The minimum absolute atomic E-state index is 0.536. The van der Waals surface area contributed by atoms with Gasteiger partial charge in [-0.15, -0.1) is 20.4 Å². The van der Waals surface area contributed by atoms with Crippen LogP contribution in [-0.4, -0.2) is 29.9 Å². The highest BCUT2D eigenvalue weighted by Gasteiger charge is 2.15. The summed E-state index contributed by atoms with van der Waals surface area (Å²) in [5.41, 5.74) is 2.87. The topological polar surface area (TPSA) is 82.5 Å². The fraction of sp³-hybridized carbons (Fsp3) is 0.353. The number of para-hydroxylation sites is 1. The first-order chi connectivity index (χ1) is 12.3. The van der Waals surface area contributed by atoms with Gasteiger partial charge in [-0.1, -0.05) is 43.8 Å². The summed E-state index contributed by atoms with van der Waals surface area (Å²) >= 11 is 1.45. The summed E-state index contributed by atoms with van der Waals surface area (Å²) in [6.45, 7) is 5.04. The Morgan fingerprint density at radius 1 is 1.04 bits per heavy atom. The molecule has 0 N–H and O–H groups in total. The van der Waals surface area contributed by atoms with Gasteiger partial charge in [0, 0.05) is 18.4 Å². The minimum atomic E-state index is 0.536. The average Bonchev–Trinajstić information content (AvgIpc) is 3.23. The third-order valence-electron chi connectivity index (χ3n) is 3.94. The van der Waals surface area contributed by atoms with Crippen molar-refractivity contribution < 1.29 is 4.42 Å². The van der Waals surface area contributed by atoms with Gasteiger partial charge in [-0.3, -0.25) is 0 Å². The quantitative estimate of drug-likeness (QED) is 0.489. The molecule has 0 fully saturated rings. The Hall–Kier alpha value is -2.48. The molecule has 4 rings (SSSR count). The molecule has 128 valence electrons. The van der Waals surface area contributed by atoms with Crippen LogP contribution in [0.4, 0.5) is 0 Å². The van der Waals surface area contributed by atoms with Gasteiger partial charge >= 0.3 is 0 Å². The lowest BCUT2D eigenvalue weighted by Gasteiger charge is -2.04. The second kappa shape index (κ2) is 6.79. The van der Waals surface area contributed by atoms with Crippen molar-refractivity contribution in [2.45, 2.75) is 44.1 Å². The Bertz CT molecular complexity index is 1020. The first kappa shape index (κ1) is 16.0. The summed E-state index contributed by atoms with van der Waals surface area (Å²) in [6, 6.07) is 8.23. The number of benzene rings is 1. The fourth-order valence-corrected chi connectivity index (χ4v) is 3.44. The number of aromatic nitrogens is 6. The molecule has 0 aliphatic carbocycles. The van der Waals surface area contributed by atoms with Gasteiger partial charge in [0.15, 0.2) is 5.65 Å². The number of aryl methyl sites for hydroxylation is 2. The van der Waals surface area contributed by atoms with E-state index in [0.717, 1.165) is 41.5 Å². The zero-order valence-electron chi connectivity index (χ0n) is 14.1. The highest BCUT2D eigenvalue weighted by Crippen LogP contribution is 2.28. The van der Waals surface area contributed by atoms with Crippen LogP contribution in [0.25, 0.3) is 22.1 Å². The highest BCUT2D eigenvalue weighted by molar-refractivity contribution is 7.98. The second-order valence-electron chi connectivity index (χ2n) is 5.67. The first-order valence-corrected chi connectivity index (χ1v) is 9.34. The lowest BCUT2D eigenvalue weighted by Crippen LogP contribution is -2.00. The van der Waals surface area contributed by atoms with E-state index >= 15 is 0 Å².